The van der Waals surface area contributed by atoms with E-state index < -0.39 is 10.2 Å². The van der Waals surface area contributed by atoms with Crippen LogP contribution in [0.5, 0.6) is 0 Å². The van der Waals surface area contributed by atoms with Gasteiger partial charge in [-0.05, 0) is 39.0 Å². The van der Waals surface area contributed by atoms with Gasteiger partial charge in [0, 0.05) is 31.8 Å². The van der Waals surface area contributed by atoms with E-state index >= 15 is 0 Å². The normalized spacial score (nSPS) is 35.2. The fourth-order valence-corrected chi connectivity index (χ4v) is 5.00. The summed E-state index contributed by atoms with van der Waals surface area (Å²) < 4.78 is 35.4. The Hall–Kier alpha value is -0.210. The van der Waals surface area contributed by atoms with E-state index in [9.17, 15) is 8.42 Å². The molecule has 0 spiro atoms. The maximum atomic E-state index is 12.7. The zero-order chi connectivity index (χ0) is 14.9. The van der Waals surface area contributed by atoms with Crippen molar-refractivity contribution < 1.29 is 13.2 Å². The quantitative estimate of drug-likeness (QED) is 0.753. The van der Waals surface area contributed by atoms with Crippen molar-refractivity contribution >= 4 is 10.2 Å². The Morgan fingerprint density at radius 3 is 2.67 bits per heavy atom. The molecule has 3 fully saturated rings. The highest BCUT2D eigenvalue weighted by molar-refractivity contribution is 7.87. The summed E-state index contributed by atoms with van der Waals surface area (Å²) in [6, 6.07) is 0.621. The molecule has 1 saturated carbocycles. The Labute approximate surface area is 127 Å². The standard InChI is InChI=1S/C14H27N3O3S/c1-11-14(7-9-20-11)16-21(18,19)17-8-3-2-4-13(17)10-15-12-5-6-12/h11-16H,2-10H2,1H3. The molecule has 2 saturated heterocycles. The number of hydrogen-bond donors (Lipinski definition) is 2. The molecule has 1 aliphatic carbocycles. The van der Waals surface area contributed by atoms with Gasteiger partial charge in [0.05, 0.1) is 12.1 Å². The minimum atomic E-state index is -3.41. The van der Waals surface area contributed by atoms with Gasteiger partial charge in [0.2, 0.25) is 0 Å². The monoisotopic (exact) mass is 317 g/mol. The minimum Gasteiger partial charge on any atom is -0.377 e. The van der Waals surface area contributed by atoms with Crippen LogP contribution in [0.2, 0.25) is 0 Å². The van der Waals surface area contributed by atoms with Gasteiger partial charge in [-0.2, -0.15) is 17.4 Å². The molecule has 3 aliphatic rings. The van der Waals surface area contributed by atoms with Crippen LogP contribution in [0, 0.1) is 0 Å². The minimum absolute atomic E-state index is 0.0346. The SMILES string of the molecule is CC1OCCC1NS(=O)(=O)N1CCCCC1CNC1CC1. The highest BCUT2D eigenvalue weighted by Gasteiger charge is 2.36. The summed E-state index contributed by atoms with van der Waals surface area (Å²) in [7, 11) is -3.41. The van der Waals surface area contributed by atoms with Crippen molar-refractivity contribution in [2.45, 2.75) is 69.7 Å². The molecular formula is C14H27N3O3S. The first-order valence-electron chi connectivity index (χ1n) is 8.20. The highest BCUT2D eigenvalue weighted by atomic mass is 32.2. The van der Waals surface area contributed by atoms with Crippen LogP contribution >= 0.6 is 0 Å². The average Bonchev–Trinajstić information content (AvgIpc) is 3.21. The number of hydrogen-bond acceptors (Lipinski definition) is 4. The van der Waals surface area contributed by atoms with E-state index in [0.29, 0.717) is 19.2 Å². The Balaban J connectivity index is 1.62. The van der Waals surface area contributed by atoms with E-state index in [1.54, 1.807) is 4.31 Å². The fraction of sp³-hybridized carbons (Fsp3) is 1.00. The summed E-state index contributed by atoms with van der Waals surface area (Å²) in [5, 5.41) is 3.47. The maximum Gasteiger partial charge on any atom is 0.280 e. The van der Waals surface area contributed by atoms with E-state index in [1.807, 2.05) is 6.92 Å². The molecule has 2 aliphatic heterocycles. The third kappa shape index (κ3) is 3.96. The Kier molecular flexibility index (Phi) is 4.85. The van der Waals surface area contributed by atoms with E-state index in [0.717, 1.165) is 32.2 Å². The van der Waals surface area contributed by atoms with Gasteiger partial charge in [0.1, 0.15) is 0 Å². The lowest BCUT2D eigenvalue weighted by atomic mass is 10.1. The Morgan fingerprint density at radius 2 is 2.00 bits per heavy atom. The Bertz CT molecular complexity index is 452. The molecule has 3 rings (SSSR count). The topological polar surface area (TPSA) is 70.7 Å². The van der Waals surface area contributed by atoms with Crippen molar-refractivity contribution in [2.75, 3.05) is 19.7 Å². The van der Waals surface area contributed by atoms with Gasteiger partial charge in [-0.3, -0.25) is 0 Å². The Morgan fingerprint density at radius 1 is 1.19 bits per heavy atom. The molecule has 2 heterocycles. The highest BCUT2D eigenvalue weighted by Crippen LogP contribution is 2.24. The second-order valence-electron chi connectivity index (χ2n) is 6.54. The van der Waals surface area contributed by atoms with Crippen LogP contribution in [0.4, 0.5) is 0 Å². The molecular weight excluding hydrogens is 290 g/mol. The summed E-state index contributed by atoms with van der Waals surface area (Å²) in [4.78, 5) is 0. The van der Waals surface area contributed by atoms with E-state index in [2.05, 4.69) is 10.0 Å². The lowest BCUT2D eigenvalue weighted by Gasteiger charge is -2.35. The van der Waals surface area contributed by atoms with Gasteiger partial charge < -0.3 is 10.1 Å². The fourth-order valence-electron chi connectivity index (χ4n) is 3.23. The predicted molar refractivity (Wildman–Crippen MR) is 81.2 cm³/mol. The van der Waals surface area contributed by atoms with E-state index in [-0.39, 0.29) is 18.2 Å². The first-order chi connectivity index (χ1) is 10.1. The van der Waals surface area contributed by atoms with Crippen LogP contribution in [-0.4, -0.2) is 56.6 Å². The van der Waals surface area contributed by atoms with E-state index in [4.69, 9.17) is 4.74 Å². The predicted octanol–water partition coefficient (Wildman–Crippen LogP) is 0.605. The number of nitrogens with one attached hydrogen (secondary N) is 2. The average molecular weight is 317 g/mol. The van der Waals surface area contributed by atoms with Crippen LogP contribution in [-0.2, 0) is 14.9 Å². The molecule has 7 heteroatoms. The van der Waals surface area contributed by atoms with Crippen molar-refractivity contribution in [1.82, 2.24) is 14.3 Å². The first-order valence-corrected chi connectivity index (χ1v) is 9.64. The van der Waals surface area contributed by atoms with Crippen molar-refractivity contribution in [1.29, 1.82) is 0 Å². The molecule has 0 bridgehead atoms. The molecule has 0 amide bonds. The zero-order valence-electron chi connectivity index (χ0n) is 12.8. The number of nitrogens with zero attached hydrogens (tertiary/aromatic N) is 1. The van der Waals surface area contributed by atoms with Crippen molar-refractivity contribution in [3.63, 3.8) is 0 Å². The molecule has 2 N–H and O–H groups in total. The molecule has 0 aromatic heterocycles. The molecule has 0 aromatic carbocycles. The number of rotatable bonds is 6. The molecule has 6 nitrogen and oxygen atoms in total. The molecule has 0 radical (unpaired) electrons. The summed E-state index contributed by atoms with van der Waals surface area (Å²) in [6.45, 7) is 3.99. The second-order valence-corrected chi connectivity index (χ2v) is 8.19. The molecule has 3 atom stereocenters. The molecule has 21 heavy (non-hydrogen) atoms. The number of ether oxygens (including phenoxy) is 1. The zero-order valence-corrected chi connectivity index (χ0v) is 13.6. The molecule has 3 unspecified atom stereocenters. The van der Waals surface area contributed by atoms with Gasteiger partial charge >= 0.3 is 0 Å². The largest absolute Gasteiger partial charge is 0.377 e. The van der Waals surface area contributed by atoms with Gasteiger partial charge in [-0.25, -0.2) is 0 Å². The smallest absolute Gasteiger partial charge is 0.280 e. The summed E-state index contributed by atoms with van der Waals surface area (Å²) >= 11 is 0. The summed E-state index contributed by atoms with van der Waals surface area (Å²) in [6.07, 6.45) is 6.22. The summed E-state index contributed by atoms with van der Waals surface area (Å²) in [5.74, 6) is 0. The summed E-state index contributed by atoms with van der Waals surface area (Å²) in [5.41, 5.74) is 0. The van der Waals surface area contributed by atoms with Crippen LogP contribution in [0.25, 0.3) is 0 Å². The van der Waals surface area contributed by atoms with Gasteiger partial charge in [0.15, 0.2) is 0 Å². The third-order valence-electron chi connectivity index (χ3n) is 4.78. The van der Waals surface area contributed by atoms with Crippen LogP contribution in [0.15, 0.2) is 0 Å². The van der Waals surface area contributed by atoms with Crippen molar-refractivity contribution in [2.24, 2.45) is 0 Å². The first kappa shape index (κ1) is 15.7. The van der Waals surface area contributed by atoms with Gasteiger partial charge in [0.25, 0.3) is 10.2 Å². The van der Waals surface area contributed by atoms with Crippen LogP contribution in [0.3, 0.4) is 0 Å². The number of piperidine rings is 1. The van der Waals surface area contributed by atoms with Crippen molar-refractivity contribution in [3.05, 3.63) is 0 Å². The second kappa shape index (κ2) is 6.50. The van der Waals surface area contributed by atoms with Crippen LogP contribution < -0.4 is 10.0 Å². The van der Waals surface area contributed by atoms with Gasteiger partial charge in [-0.15, -0.1) is 0 Å². The lowest BCUT2D eigenvalue weighted by molar-refractivity contribution is 0.116. The van der Waals surface area contributed by atoms with Gasteiger partial charge in [-0.1, -0.05) is 6.42 Å². The third-order valence-corrected chi connectivity index (χ3v) is 6.48. The van der Waals surface area contributed by atoms with Crippen LogP contribution in [0.1, 0.15) is 45.4 Å². The maximum absolute atomic E-state index is 12.7. The van der Waals surface area contributed by atoms with E-state index in [1.165, 1.54) is 12.8 Å². The van der Waals surface area contributed by atoms with Crippen molar-refractivity contribution in [3.8, 4) is 0 Å². The molecule has 0 aromatic rings. The molecule has 122 valence electrons. The lowest BCUT2D eigenvalue weighted by Crippen LogP contribution is -2.55.